The van der Waals surface area contributed by atoms with E-state index >= 15 is 0 Å². The monoisotopic (exact) mass is 420 g/mol. The first kappa shape index (κ1) is 21.1. The second-order valence-corrected chi connectivity index (χ2v) is 7.86. The molecule has 3 aromatic rings. The van der Waals surface area contributed by atoms with Gasteiger partial charge in [0.25, 0.3) is 0 Å². The number of likely N-dealkylation sites (tertiary alicyclic amines) is 1. The Labute approximate surface area is 182 Å². The number of pyridine rings is 1. The van der Waals surface area contributed by atoms with Crippen molar-refractivity contribution in [2.75, 3.05) is 26.8 Å². The van der Waals surface area contributed by atoms with Crippen LogP contribution in [0.3, 0.4) is 0 Å². The highest BCUT2D eigenvalue weighted by atomic mass is 16.5. The Bertz CT molecular complexity index is 1060. The van der Waals surface area contributed by atoms with Gasteiger partial charge in [-0.05, 0) is 68.2 Å². The van der Waals surface area contributed by atoms with Gasteiger partial charge in [-0.1, -0.05) is 24.3 Å². The summed E-state index contributed by atoms with van der Waals surface area (Å²) >= 11 is 0. The lowest BCUT2D eigenvalue weighted by Gasteiger charge is -2.37. The number of rotatable bonds is 7. The van der Waals surface area contributed by atoms with E-state index < -0.39 is 5.97 Å². The van der Waals surface area contributed by atoms with Crippen molar-refractivity contribution in [2.45, 2.75) is 25.8 Å². The standard InChI is InChI=1S/C25H28N2O4/c1-3-31-22-9-8-19(15-23(22)30-2)24(27-12-10-17(11-13-27)25(28)29)20-14-18-6-4-5-7-21(18)26-16-20/h4-9,14-17,24H,3,10-13H2,1-2H3,(H,28,29). The number of hydrogen-bond acceptors (Lipinski definition) is 5. The number of carboxylic acid groups (broad SMARTS) is 1. The third kappa shape index (κ3) is 4.49. The van der Waals surface area contributed by atoms with Crippen molar-refractivity contribution >= 4 is 16.9 Å². The van der Waals surface area contributed by atoms with Crippen LogP contribution in [0.25, 0.3) is 10.9 Å². The molecule has 1 N–H and O–H groups in total. The number of benzene rings is 2. The summed E-state index contributed by atoms with van der Waals surface area (Å²) in [6.07, 6.45) is 3.21. The number of carbonyl (C=O) groups is 1. The third-order valence-corrected chi connectivity index (χ3v) is 5.97. The second-order valence-electron chi connectivity index (χ2n) is 7.86. The van der Waals surface area contributed by atoms with Crippen LogP contribution in [0.1, 0.15) is 36.9 Å². The molecule has 1 saturated heterocycles. The van der Waals surface area contributed by atoms with Crippen molar-refractivity contribution in [1.29, 1.82) is 0 Å². The molecular formula is C25H28N2O4. The van der Waals surface area contributed by atoms with Crippen LogP contribution < -0.4 is 9.47 Å². The van der Waals surface area contributed by atoms with E-state index in [0.29, 0.717) is 44.0 Å². The Morgan fingerprint density at radius 2 is 1.90 bits per heavy atom. The third-order valence-electron chi connectivity index (χ3n) is 5.97. The zero-order valence-corrected chi connectivity index (χ0v) is 18.0. The molecule has 1 unspecified atom stereocenters. The molecule has 0 radical (unpaired) electrons. The van der Waals surface area contributed by atoms with E-state index in [1.165, 1.54) is 0 Å². The number of ether oxygens (including phenoxy) is 2. The molecule has 1 fully saturated rings. The number of methoxy groups -OCH3 is 1. The second kappa shape index (κ2) is 9.35. The number of para-hydroxylation sites is 1. The molecule has 6 nitrogen and oxygen atoms in total. The SMILES string of the molecule is CCOc1ccc(C(c2cnc3ccccc3c2)N2CCC(C(=O)O)CC2)cc1OC. The number of hydrogen-bond donors (Lipinski definition) is 1. The summed E-state index contributed by atoms with van der Waals surface area (Å²) in [5, 5.41) is 10.5. The first-order chi connectivity index (χ1) is 15.1. The number of fused-ring (bicyclic) bond motifs is 1. The lowest BCUT2D eigenvalue weighted by molar-refractivity contribution is -0.143. The van der Waals surface area contributed by atoms with Gasteiger partial charge in [0, 0.05) is 11.6 Å². The highest BCUT2D eigenvalue weighted by Gasteiger charge is 2.31. The van der Waals surface area contributed by atoms with Crippen LogP contribution in [-0.4, -0.2) is 47.8 Å². The number of carboxylic acids is 1. The topological polar surface area (TPSA) is 71.9 Å². The van der Waals surface area contributed by atoms with E-state index in [-0.39, 0.29) is 12.0 Å². The first-order valence-electron chi connectivity index (χ1n) is 10.7. The van der Waals surface area contributed by atoms with Gasteiger partial charge >= 0.3 is 5.97 Å². The van der Waals surface area contributed by atoms with Gasteiger partial charge in [-0.15, -0.1) is 0 Å². The molecular weight excluding hydrogens is 392 g/mol. The van der Waals surface area contributed by atoms with Crippen LogP contribution in [0.2, 0.25) is 0 Å². The van der Waals surface area contributed by atoms with Crippen LogP contribution >= 0.6 is 0 Å². The molecule has 0 amide bonds. The van der Waals surface area contributed by atoms with Crippen LogP contribution in [0.15, 0.2) is 54.7 Å². The lowest BCUT2D eigenvalue weighted by Crippen LogP contribution is -2.39. The molecule has 2 heterocycles. The Morgan fingerprint density at radius 3 is 2.61 bits per heavy atom. The van der Waals surface area contributed by atoms with Crippen molar-refractivity contribution in [2.24, 2.45) is 5.92 Å². The van der Waals surface area contributed by atoms with Gasteiger partial charge < -0.3 is 14.6 Å². The largest absolute Gasteiger partial charge is 0.493 e. The minimum Gasteiger partial charge on any atom is -0.493 e. The minimum absolute atomic E-state index is 0.0450. The molecule has 1 aliphatic rings. The summed E-state index contributed by atoms with van der Waals surface area (Å²) in [5.74, 6) is 0.431. The van der Waals surface area contributed by atoms with Gasteiger partial charge in [-0.3, -0.25) is 14.7 Å². The minimum atomic E-state index is -0.702. The molecule has 1 atom stereocenters. The molecule has 0 aliphatic carbocycles. The fraction of sp³-hybridized carbons (Fsp3) is 0.360. The van der Waals surface area contributed by atoms with Gasteiger partial charge in [-0.2, -0.15) is 0 Å². The smallest absolute Gasteiger partial charge is 0.306 e. The fourth-order valence-electron chi connectivity index (χ4n) is 4.39. The van der Waals surface area contributed by atoms with Gasteiger partial charge in [0.2, 0.25) is 0 Å². The van der Waals surface area contributed by atoms with Crippen molar-refractivity contribution in [1.82, 2.24) is 9.88 Å². The van der Waals surface area contributed by atoms with Crippen LogP contribution in [0.4, 0.5) is 0 Å². The van der Waals surface area contributed by atoms with Crippen molar-refractivity contribution in [3.63, 3.8) is 0 Å². The summed E-state index contributed by atoms with van der Waals surface area (Å²) in [5.41, 5.74) is 3.11. The number of aliphatic carboxylic acids is 1. The Kier molecular flexibility index (Phi) is 6.37. The molecule has 6 heteroatoms. The van der Waals surface area contributed by atoms with E-state index in [9.17, 15) is 9.90 Å². The first-order valence-corrected chi connectivity index (χ1v) is 10.7. The molecule has 0 bridgehead atoms. The van der Waals surface area contributed by atoms with Gasteiger partial charge in [0.15, 0.2) is 11.5 Å². The number of piperidine rings is 1. The van der Waals surface area contributed by atoms with Crippen LogP contribution in [0, 0.1) is 5.92 Å². The predicted molar refractivity (Wildman–Crippen MR) is 120 cm³/mol. The predicted octanol–water partition coefficient (Wildman–Crippen LogP) is 4.53. The Balaban J connectivity index is 1.74. The van der Waals surface area contributed by atoms with Gasteiger partial charge in [-0.25, -0.2) is 0 Å². The molecule has 31 heavy (non-hydrogen) atoms. The summed E-state index contributed by atoms with van der Waals surface area (Å²) in [7, 11) is 1.65. The Hall–Kier alpha value is -3.12. The zero-order valence-electron chi connectivity index (χ0n) is 18.0. The van der Waals surface area contributed by atoms with Gasteiger partial charge in [0.1, 0.15) is 0 Å². The van der Waals surface area contributed by atoms with Crippen molar-refractivity contribution in [3.05, 3.63) is 65.9 Å². The normalized spacial score (nSPS) is 16.2. The average molecular weight is 421 g/mol. The van der Waals surface area contributed by atoms with E-state index in [0.717, 1.165) is 22.0 Å². The Morgan fingerprint density at radius 1 is 1.13 bits per heavy atom. The summed E-state index contributed by atoms with van der Waals surface area (Å²) in [6.45, 7) is 3.94. The maximum absolute atomic E-state index is 11.4. The molecule has 0 saturated carbocycles. The number of nitrogens with zero attached hydrogens (tertiary/aromatic N) is 2. The molecule has 1 aliphatic heterocycles. The fourth-order valence-corrected chi connectivity index (χ4v) is 4.39. The van der Waals surface area contributed by atoms with E-state index in [1.807, 2.05) is 43.5 Å². The molecule has 4 rings (SSSR count). The molecule has 1 aromatic heterocycles. The van der Waals surface area contributed by atoms with E-state index in [2.05, 4.69) is 28.1 Å². The maximum Gasteiger partial charge on any atom is 0.306 e. The highest BCUT2D eigenvalue weighted by molar-refractivity contribution is 5.79. The van der Waals surface area contributed by atoms with E-state index in [4.69, 9.17) is 9.47 Å². The molecule has 162 valence electrons. The quantitative estimate of drug-likeness (QED) is 0.606. The number of aromatic nitrogens is 1. The average Bonchev–Trinajstić information content (AvgIpc) is 2.80. The highest BCUT2D eigenvalue weighted by Crippen LogP contribution is 2.37. The summed E-state index contributed by atoms with van der Waals surface area (Å²) < 4.78 is 11.3. The summed E-state index contributed by atoms with van der Waals surface area (Å²) in [6, 6.07) is 16.2. The van der Waals surface area contributed by atoms with Crippen molar-refractivity contribution < 1.29 is 19.4 Å². The van der Waals surface area contributed by atoms with Gasteiger partial charge in [0.05, 0.1) is 31.2 Å². The molecule has 2 aromatic carbocycles. The summed E-state index contributed by atoms with van der Waals surface area (Å²) in [4.78, 5) is 18.5. The zero-order chi connectivity index (χ0) is 21.8. The van der Waals surface area contributed by atoms with Crippen LogP contribution in [-0.2, 0) is 4.79 Å². The van der Waals surface area contributed by atoms with Crippen LogP contribution in [0.5, 0.6) is 11.5 Å². The molecule has 0 spiro atoms. The van der Waals surface area contributed by atoms with Crippen molar-refractivity contribution in [3.8, 4) is 11.5 Å². The van der Waals surface area contributed by atoms with E-state index in [1.54, 1.807) is 7.11 Å². The lowest BCUT2D eigenvalue weighted by atomic mass is 9.91. The maximum atomic E-state index is 11.4.